The molecular formula is C22H25FN2O2. The fourth-order valence-corrected chi connectivity index (χ4v) is 3.50. The second-order valence-corrected chi connectivity index (χ2v) is 7.57. The minimum Gasteiger partial charge on any atom is -0.351 e. The van der Waals surface area contributed by atoms with Gasteiger partial charge in [0.2, 0.25) is 5.91 Å². The molecule has 3 rings (SSSR count). The monoisotopic (exact) mass is 368 g/mol. The number of nitrogens with zero attached hydrogens (tertiary/aromatic N) is 1. The van der Waals surface area contributed by atoms with E-state index in [1.165, 1.54) is 23.8 Å². The molecule has 1 heterocycles. The van der Waals surface area contributed by atoms with Crippen LogP contribution in [0.25, 0.3) is 0 Å². The Labute approximate surface area is 159 Å². The zero-order chi connectivity index (χ0) is 19.4. The van der Waals surface area contributed by atoms with Gasteiger partial charge in [-0.05, 0) is 50.5 Å². The average Bonchev–Trinajstić information content (AvgIpc) is 2.66. The Kier molecular flexibility index (Phi) is 5.59. The van der Waals surface area contributed by atoms with Gasteiger partial charge in [0.15, 0.2) is 0 Å². The minimum absolute atomic E-state index is 0.0557. The summed E-state index contributed by atoms with van der Waals surface area (Å²) >= 11 is 0. The Hall–Kier alpha value is -2.69. The second-order valence-electron chi connectivity index (χ2n) is 7.57. The first kappa shape index (κ1) is 19.1. The van der Waals surface area contributed by atoms with E-state index in [9.17, 15) is 14.0 Å². The molecule has 1 saturated heterocycles. The SMILES string of the molecule is Cc1ccc(CNC(=O)[C@]2(C)CCCN(C(=O)c3cccc(F)c3)C2)cc1. The lowest BCUT2D eigenvalue weighted by molar-refractivity contribution is -0.132. The van der Waals surface area contributed by atoms with Gasteiger partial charge in [0.25, 0.3) is 5.91 Å². The topological polar surface area (TPSA) is 49.4 Å². The number of rotatable bonds is 4. The van der Waals surface area contributed by atoms with Crippen molar-refractivity contribution in [1.82, 2.24) is 10.2 Å². The molecule has 1 N–H and O–H groups in total. The molecule has 2 amide bonds. The van der Waals surface area contributed by atoms with Crippen LogP contribution < -0.4 is 5.32 Å². The van der Waals surface area contributed by atoms with Crippen molar-refractivity contribution >= 4 is 11.8 Å². The Morgan fingerprint density at radius 3 is 2.63 bits per heavy atom. The van der Waals surface area contributed by atoms with Gasteiger partial charge in [-0.2, -0.15) is 0 Å². The highest BCUT2D eigenvalue weighted by molar-refractivity contribution is 5.95. The van der Waals surface area contributed by atoms with Crippen molar-refractivity contribution in [3.63, 3.8) is 0 Å². The third-order valence-electron chi connectivity index (χ3n) is 5.18. The number of piperidine rings is 1. The molecule has 1 fully saturated rings. The van der Waals surface area contributed by atoms with Crippen molar-refractivity contribution in [1.29, 1.82) is 0 Å². The lowest BCUT2D eigenvalue weighted by atomic mass is 9.80. The van der Waals surface area contributed by atoms with Crippen LogP contribution in [0.15, 0.2) is 48.5 Å². The van der Waals surface area contributed by atoms with E-state index in [-0.39, 0.29) is 11.8 Å². The standard InChI is InChI=1S/C22H25FN2O2/c1-16-7-9-17(10-8-16)14-24-21(27)22(2)11-4-12-25(15-22)20(26)18-5-3-6-19(23)13-18/h3,5-10,13H,4,11-12,14-15H2,1-2H3,(H,24,27)/t22-/m1/s1. The number of carbonyl (C=O) groups is 2. The van der Waals surface area contributed by atoms with E-state index < -0.39 is 11.2 Å². The highest BCUT2D eigenvalue weighted by atomic mass is 19.1. The van der Waals surface area contributed by atoms with Gasteiger partial charge in [0, 0.05) is 25.2 Å². The number of halogens is 1. The molecule has 0 bridgehead atoms. The number of hydrogen-bond acceptors (Lipinski definition) is 2. The molecule has 0 unspecified atom stereocenters. The van der Waals surface area contributed by atoms with Crippen molar-refractivity contribution in [2.75, 3.05) is 13.1 Å². The molecule has 142 valence electrons. The number of amides is 2. The number of nitrogens with one attached hydrogen (secondary N) is 1. The van der Waals surface area contributed by atoms with E-state index in [4.69, 9.17) is 0 Å². The van der Waals surface area contributed by atoms with Crippen LogP contribution in [0.5, 0.6) is 0 Å². The van der Waals surface area contributed by atoms with Crippen LogP contribution in [0.2, 0.25) is 0 Å². The molecular weight excluding hydrogens is 343 g/mol. The zero-order valence-electron chi connectivity index (χ0n) is 15.8. The van der Waals surface area contributed by atoms with Crippen LogP contribution in [0.1, 0.15) is 41.3 Å². The van der Waals surface area contributed by atoms with Crippen LogP contribution in [0.4, 0.5) is 4.39 Å². The summed E-state index contributed by atoms with van der Waals surface area (Å²) in [5, 5.41) is 3.00. The van der Waals surface area contributed by atoms with Gasteiger partial charge < -0.3 is 10.2 Å². The van der Waals surface area contributed by atoms with Gasteiger partial charge in [-0.25, -0.2) is 4.39 Å². The Morgan fingerprint density at radius 1 is 1.19 bits per heavy atom. The highest BCUT2D eigenvalue weighted by Crippen LogP contribution is 2.30. The number of likely N-dealkylation sites (tertiary alicyclic amines) is 1. The molecule has 0 spiro atoms. The molecule has 0 aliphatic carbocycles. The van der Waals surface area contributed by atoms with E-state index in [2.05, 4.69) is 5.32 Å². The van der Waals surface area contributed by atoms with Crippen molar-refractivity contribution < 1.29 is 14.0 Å². The van der Waals surface area contributed by atoms with Crippen molar-refractivity contribution in [3.8, 4) is 0 Å². The normalized spacial score (nSPS) is 19.6. The molecule has 0 radical (unpaired) electrons. The third kappa shape index (κ3) is 4.54. The van der Waals surface area contributed by atoms with Gasteiger partial charge in [-0.1, -0.05) is 35.9 Å². The predicted molar refractivity (Wildman–Crippen MR) is 103 cm³/mol. The zero-order valence-corrected chi connectivity index (χ0v) is 15.8. The van der Waals surface area contributed by atoms with Crippen molar-refractivity contribution in [2.45, 2.75) is 33.2 Å². The highest BCUT2D eigenvalue weighted by Gasteiger charge is 2.39. The Morgan fingerprint density at radius 2 is 1.93 bits per heavy atom. The van der Waals surface area contributed by atoms with Crippen molar-refractivity contribution in [2.24, 2.45) is 5.41 Å². The number of aryl methyl sites for hydroxylation is 1. The lowest BCUT2D eigenvalue weighted by Crippen LogP contribution is -2.51. The number of benzene rings is 2. The fourth-order valence-electron chi connectivity index (χ4n) is 3.50. The fraction of sp³-hybridized carbons (Fsp3) is 0.364. The van der Waals surface area contributed by atoms with E-state index in [1.54, 1.807) is 11.0 Å². The predicted octanol–water partition coefficient (Wildman–Crippen LogP) is 3.69. The van der Waals surface area contributed by atoms with E-state index in [1.807, 2.05) is 38.1 Å². The van der Waals surface area contributed by atoms with Crippen LogP contribution in [0.3, 0.4) is 0 Å². The van der Waals surface area contributed by atoms with Gasteiger partial charge >= 0.3 is 0 Å². The van der Waals surface area contributed by atoms with Gasteiger partial charge in [-0.15, -0.1) is 0 Å². The summed E-state index contributed by atoms with van der Waals surface area (Å²) in [5.41, 5.74) is 1.89. The quantitative estimate of drug-likeness (QED) is 0.895. The van der Waals surface area contributed by atoms with Crippen LogP contribution in [0, 0.1) is 18.2 Å². The van der Waals surface area contributed by atoms with E-state index in [0.717, 1.165) is 18.4 Å². The largest absolute Gasteiger partial charge is 0.351 e. The molecule has 0 aromatic heterocycles. The summed E-state index contributed by atoms with van der Waals surface area (Å²) < 4.78 is 13.4. The first-order valence-electron chi connectivity index (χ1n) is 9.26. The van der Waals surface area contributed by atoms with Crippen LogP contribution in [-0.4, -0.2) is 29.8 Å². The van der Waals surface area contributed by atoms with Gasteiger partial charge in [0.05, 0.1) is 5.41 Å². The lowest BCUT2D eigenvalue weighted by Gasteiger charge is -2.39. The van der Waals surface area contributed by atoms with Crippen LogP contribution >= 0.6 is 0 Å². The molecule has 27 heavy (non-hydrogen) atoms. The smallest absolute Gasteiger partial charge is 0.253 e. The summed E-state index contributed by atoms with van der Waals surface area (Å²) in [6.45, 7) is 5.29. The van der Waals surface area contributed by atoms with E-state index >= 15 is 0 Å². The summed E-state index contributed by atoms with van der Waals surface area (Å²) in [7, 11) is 0. The minimum atomic E-state index is -0.647. The Bertz CT molecular complexity index is 834. The summed E-state index contributed by atoms with van der Waals surface area (Å²) in [5.74, 6) is -0.719. The molecule has 2 aromatic carbocycles. The second kappa shape index (κ2) is 7.91. The van der Waals surface area contributed by atoms with Crippen molar-refractivity contribution in [3.05, 3.63) is 71.0 Å². The molecule has 2 aromatic rings. The van der Waals surface area contributed by atoms with Gasteiger partial charge in [-0.3, -0.25) is 9.59 Å². The number of hydrogen-bond donors (Lipinski definition) is 1. The van der Waals surface area contributed by atoms with Crippen LogP contribution in [-0.2, 0) is 11.3 Å². The first-order chi connectivity index (χ1) is 12.9. The molecule has 1 aliphatic heterocycles. The maximum atomic E-state index is 13.4. The third-order valence-corrected chi connectivity index (χ3v) is 5.18. The summed E-state index contributed by atoms with van der Waals surface area (Å²) in [4.78, 5) is 27.2. The molecule has 5 heteroatoms. The summed E-state index contributed by atoms with van der Waals surface area (Å²) in [6.07, 6.45) is 1.47. The number of carbonyl (C=O) groups excluding carboxylic acids is 2. The maximum absolute atomic E-state index is 13.4. The molecule has 1 aliphatic rings. The molecule has 1 atom stereocenters. The average molecular weight is 368 g/mol. The molecule has 4 nitrogen and oxygen atoms in total. The Balaban J connectivity index is 1.65. The summed E-state index contributed by atoms with van der Waals surface area (Å²) in [6, 6.07) is 13.7. The maximum Gasteiger partial charge on any atom is 0.253 e. The first-order valence-corrected chi connectivity index (χ1v) is 9.26. The molecule has 0 saturated carbocycles. The van der Waals surface area contributed by atoms with E-state index in [0.29, 0.717) is 25.2 Å². The van der Waals surface area contributed by atoms with Gasteiger partial charge in [0.1, 0.15) is 5.82 Å².